The van der Waals surface area contributed by atoms with Crippen molar-refractivity contribution in [3.05, 3.63) is 47.5 Å². The average Bonchev–Trinajstić information content (AvgIpc) is 3.68. The molecule has 0 radical (unpaired) electrons. The lowest BCUT2D eigenvalue weighted by atomic mass is 10.1. The fourth-order valence-corrected chi connectivity index (χ4v) is 3.89. The number of carbonyl (C=O) groups is 1. The van der Waals surface area contributed by atoms with Crippen molar-refractivity contribution >= 4 is 5.91 Å². The van der Waals surface area contributed by atoms with Crippen molar-refractivity contribution in [1.29, 1.82) is 0 Å². The van der Waals surface area contributed by atoms with E-state index in [0.717, 1.165) is 43.7 Å². The fourth-order valence-electron chi connectivity index (χ4n) is 3.89. The topological polar surface area (TPSA) is 77.1 Å². The van der Waals surface area contributed by atoms with Crippen molar-refractivity contribution in [1.82, 2.24) is 24.9 Å². The molecule has 0 saturated heterocycles. The minimum atomic E-state index is 0.110. The molecule has 30 heavy (non-hydrogen) atoms. The van der Waals surface area contributed by atoms with Crippen LogP contribution in [0.4, 0.5) is 0 Å². The van der Waals surface area contributed by atoms with E-state index in [9.17, 15) is 4.79 Å². The number of benzene rings is 1. The highest BCUT2D eigenvalue weighted by molar-refractivity contribution is 5.94. The van der Waals surface area contributed by atoms with Gasteiger partial charge in [-0.15, -0.1) is 10.2 Å². The molecule has 2 aliphatic carbocycles. The molecular weight excluding hydrogens is 378 g/mol. The summed E-state index contributed by atoms with van der Waals surface area (Å²) in [5.41, 5.74) is 3.42. The molecule has 1 aromatic carbocycles. The van der Waals surface area contributed by atoms with Gasteiger partial charge in [0.2, 0.25) is 5.89 Å². The van der Waals surface area contributed by atoms with Gasteiger partial charge in [0, 0.05) is 37.2 Å². The molecule has 0 aliphatic heterocycles. The number of nitrogens with zero attached hydrogens (tertiary/aromatic N) is 5. The second-order valence-electron chi connectivity index (χ2n) is 8.51. The van der Waals surface area contributed by atoms with Gasteiger partial charge in [-0.25, -0.2) is 4.68 Å². The average molecular weight is 406 g/mol. The summed E-state index contributed by atoms with van der Waals surface area (Å²) in [6, 6.07) is 9.85. The summed E-state index contributed by atoms with van der Waals surface area (Å²) in [6.07, 6.45) is 5.75. The highest BCUT2D eigenvalue weighted by Gasteiger charge is 2.30. The molecule has 0 spiro atoms. The van der Waals surface area contributed by atoms with Gasteiger partial charge in [-0.2, -0.15) is 5.10 Å². The van der Waals surface area contributed by atoms with Crippen LogP contribution in [0.2, 0.25) is 0 Å². The van der Waals surface area contributed by atoms with Crippen LogP contribution in [0.5, 0.6) is 0 Å². The number of amides is 1. The first kappa shape index (κ1) is 19.0. The zero-order valence-electron chi connectivity index (χ0n) is 17.5. The van der Waals surface area contributed by atoms with Gasteiger partial charge in [0.05, 0.1) is 5.69 Å². The first-order valence-electron chi connectivity index (χ1n) is 10.9. The van der Waals surface area contributed by atoms with E-state index in [-0.39, 0.29) is 5.91 Å². The van der Waals surface area contributed by atoms with Crippen LogP contribution >= 0.6 is 0 Å². The van der Waals surface area contributed by atoms with Gasteiger partial charge in [-0.3, -0.25) is 4.79 Å². The smallest absolute Gasteiger partial charge is 0.268 e. The summed E-state index contributed by atoms with van der Waals surface area (Å²) >= 11 is 0. The van der Waals surface area contributed by atoms with E-state index in [4.69, 9.17) is 9.52 Å². The Bertz CT molecular complexity index is 1060. The normalized spacial score (nSPS) is 16.1. The standard InChI is InChI=1S/C23H27N5O2/c1-3-11-27(14-16-7-8-16)23(29)18-5-4-6-19(12-18)28-21(17-9-10-17)13-20(26-28)22-25-24-15(2)30-22/h4-6,12-13,16-17H,3,7-11,14H2,1-2H3. The molecule has 0 unspecified atom stereocenters. The molecule has 0 N–H and O–H groups in total. The maximum Gasteiger partial charge on any atom is 0.268 e. The second kappa shape index (κ2) is 7.70. The number of carbonyl (C=O) groups excluding carboxylic acids is 1. The Labute approximate surface area is 176 Å². The predicted molar refractivity (Wildman–Crippen MR) is 112 cm³/mol. The second-order valence-corrected chi connectivity index (χ2v) is 8.51. The van der Waals surface area contributed by atoms with E-state index >= 15 is 0 Å². The lowest BCUT2D eigenvalue weighted by Crippen LogP contribution is -2.33. The quantitative estimate of drug-likeness (QED) is 0.556. The Morgan fingerprint density at radius 3 is 2.70 bits per heavy atom. The summed E-state index contributed by atoms with van der Waals surface area (Å²) < 4.78 is 7.52. The van der Waals surface area contributed by atoms with Crippen LogP contribution in [0, 0.1) is 12.8 Å². The Morgan fingerprint density at radius 2 is 2.03 bits per heavy atom. The predicted octanol–water partition coefficient (Wildman–Crippen LogP) is 4.37. The van der Waals surface area contributed by atoms with E-state index in [1.54, 1.807) is 6.92 Å². The molecule has 0 bridgehead atoms. The van der Waals surface area contributed by atoms with Crippen molar-refractivity contribution < 1.29 is 9.21 Å². The summed E-state index contributed by atoms with van der Waals surface area (Å²) in [4.78, 5) is 15.2. The lowest BCUT2D eigenvalue weighted by molar-refractivity contribution is 0.0747. The zero-order chi connectivity index (χ0) is 20.7. The molecule has 2 aromatic heterocycles. The van der Waals surface area contributed by atoms with Crippen molar-refractivity contribution in [2.24, 2.45) is 5.92 Å². The van der Waals surface area contributed by atoms with Crippen molar-refractivity contribution in [3.63, 3.8) is 0 Å². The number of rotatable bonds is 8. The van der Waals surface area contributed by atoms with Crippen LogP contribution in [0.25, 0.3) is 17.3 Å². The lowest BCUT2D eigenvalue weighted by Gasteiger charge is -2.22. The van der Waals surface area contributed by atoms with E-state index in [0.29, 0.717) is 34.9 Å². The maximum atomic E-state index is 13.2. The first-order valence-corrected chi connectivity index (χ1v) is 10.9. The van der Waals surface area contributed by atoms with Crippen LogP contribution in [0.1, 0.15) is 66.9 Å². The monoisotopic (exact) mass is 405 g/mol. The molecule has 5 rings (SSSR count). The zero-order valence-corrected chi connectivity index (χ0v) is 17.5. The largest absolute Gasteiger partial charge is 0.420 e. The molecule has 7 nitrogen and oxygen atoms in total. The molecule has 0 atom stereocenters. The summed E-state index contributed by atoms with van der Waals surface area (Å²) in [7, 11) is 0. The SMILES string of the molecule is CCCN(CC1CC1)C(=O)c1cccc(-n2nc(-c3nnc(C)o3)cc2C2CC2)c1. The van der Waals surface area contributed by atoms with Crippen LogP contribution < -0.4 is 0 Å². The minimum absolute atomic E-state index is 0.110. The Morgan fingerprint density at radius 1 is 1.20 bits per heavy atom. The van der Waals surface area contributed by atoms with E-state index in [1.165, 1.54) is 12.8 Å². The molecule has 1 amide bonds. The van der Waals surface area contributed by atoms with Gasteiger partial charge in [0.25, 0.3) is 11.8 Å². The highest BCUT2D eigenvalue weighted by Crippen LogP contribution is 2.42. The fraction of sp³-hybridized carbons (Fsp3) is 0.478. The Hall–Kier alpha value is -2.96. The first-order chi connectivity index (χ1) is 14.6. The number of aryl methyl sites for hydroxylation is 1. The Balaban J connectivity index is 1.47. The van der Waals surface area contributed by atoms with Crippen molar-refractivity contribution in [3.8, 4) is 17.3 Å². The van der Waals surface area contributed by atoms with E-state index in [1.807, 2.05) is 39.9 Å². The van der Waals surface area contributed by atoms with Gasteiger partial charge in [0.15, 0.2) is 0 Å². The molecular formula is C23H27N5O2. The molecule has 2 heterocycles. The molecule has 2 aliphatic rings. The minimum Gasteiger partial charge on any atom is -0.420 e. The highest BCUT2D eigenvalue weighted by atomic mass is 16.4. The number of aromatic nitrogens is 4. The summed E-state index contributed by atoms with van der Waals surface area (Å²) in [5.74, 6) is 2.22. The molecule has 2 fully saturated rings. The van der Waals surface area contributed by atoms with Gasteiger partial charge >= 0.3 is 0 Å². The molecule has 156 valence electrons. The van der Waals surface area contributed by atoms with Crippen LogP contribution in [-0.2, 0) is 0 Å². The number of hydrogen-bond acceptors (Lipinski definition) is 5. The van der Waals surface area contributed by atoms with Crippen LogP contribution in [0.3, 0.4) is 0 Å². The van der Waals surface area contributed by atoms with Crippen molar-refractivity contribution in [2.75, 3.05) is 13.1 Å². The van der Waals surface area contributed by atoms with Gasteiger partial charge in [-0.1, -0.05) is 13.0 Å². The third-order valence-electron chi connectivity index (χ3n) is 5.77. The van der Waals surface area contributed by atoms with Gasteiger partial charge in [0.1, 0.15) is 5.69 Å². The summed E-state index contributed by atoms with van der Waals surface area (Å²) in [5, 5.41) is 12.8. The third kappa shape index (κ3) is 3.88. The summed E-state index contributed by atoms with van der Waals surface area (Å²) in [6.45, 7) is 5.56. The molecule has 3 aromatic rings. The van der Waals surface area contributed by atoms with E-state index in [2.05, 4.69) is 17.1 Å². The van der Waals surface area contributed by atoms with Gasteiger partial charge < -0.3 is 9.32 Å². The maximum absolute atomic E-state index is 13.2. The van der Waals surface area contributed by atoms with Crippen LogP contribution in [0.15, 0.2) is 34.7 Å². The van der Waals surface area contributed by atoms with Crippen molar-refractivity contribution in [2.45, 2.75) is 51.9 Å². The Kier molecular flexibility index (Phi) is 4.89. The third-order valence-corrected chi connectivity index (χ3v) is 5.77. The molecule has 2 saturated carbocycles. The molecule has 7 heteroatoms. The van der Waals surface area contributed by atoms with Gasteiger partial charge in [-0.05, 0) is 62.3 Å². The number of hydrogen-bond donors (Lipinski definition) is 0. The van der Waals surface area contributed by atoms with Crippen LogP contribution in [-0.4, -0.2) is 43.9 Å². The van der Waals surface area contributed by atoms with E-state index < -0.39 is 0 Å².